The minimum absolute atomic E-state index is 0.132. The van der Waals surface area contributed by atoms with Crippen molar-refractivity contribution in [3.05, 3.63) is 41.3 Å². The maximum Gasteiger partial charge on any atom is 0.248 e. The second-order valence-electron chi connectivity index (χ2n) is 8.38. The van der Waals surface area contributed by atoms with Gasteiger partial charge in [0.15, 0.2) is 5.76 Å². The monoisotopic (exact) mass is 447 g/mol. The Kier molecular flexibility index (Phi) is 6.07. The first-order valence-electron chi connectivity index (χ1n) is 10.7. The summed E-state index contributed by atoms with van der Waals surface area (Å²) in [5, 5.41) is 3.77. The molecule has 0 spiro atoms. The van der Waals surface area contributed by atoms with Crippen molar-refractivity contribution in [1.82, 2.24) is 14.4 Å². The van der Waals surface area contributed by atoms with Gasteiger partial charge in [0, 0.05) is 31.6 Å². The molecular formula is C22H29N3O5S. The molecule has 0 N–H and O–H groups in total. The molecule has 4 rings (SSSR count). The van der Waals surface area contributed by atoms with Crippen LogP contribution in [0.5, 0.6) is 5.75 Å². The van der Waals surface area contributed by atoms with Crippen LogP contribution in [-0.2, 0) is 21.4 Å². The fourth-order valence-corrected chi connectivity index (χ4v) is 6.01. The third-order valence-corrected chi connectivity index (χ3v) is 8.30. The van der Waals surface area contributed by atoms with Crippen LogP contribution in [0, 0.1) is 19.8 Å². The SMILES string of the molecule is COc1ccc(CN(C(=O)C2CCN(S(=O)(=O)c3c(C)noc3C)CC2)C2CC2)cc1. The van der Waals surface area contributed by atoms with E-state index in [-0.39, 0.29) is 16.7 Å². The molecule has 2 aromatic rings. The number of amides is 1. The summed E-state index contributed by atoms with van der Waals surface area (Å²) in [6, 6.07) is 8.07. The standard InChI is InChI=1S/C22H29N3O5S/c1-15-21(16(2)30-23-15)31(27,28)24-12-10-18(11-13-24)22(26)25(19-6-7-19)14-17-4-8-20(29-3)9-5-17/h4-5,8-9,18-19H,6-7,10-14H2,1-3H3. The molecule has 0 radical (unpaired) electrons. The summed E-state index contributed by atoms with van der Waals surface area (Å²) < 4.78 is 37.8. The summed E-state index contributed by atoms with van der Waals surface area (Å²) in [6.07, 6.45) is 3.10. The molecule has 1 aliphatic heterocycles. The molecule has 1 saturated heterocycles. The largest absolute Gasteiger partial charge is 0.497 e. The molecule has 0 unspecified atom stereocenters. The molecule has 1 aromatic heterocycles. The van der Waals surface area contributed by atoms with Crippen molar-refractivity contribution >= 4 is 15.9 Å². The molecule has 0 bridgehead atoms. The number of aryl methyl sites for hydroxylation is 2. The fraction of sp³-hybridized carbons (Fsp3) is 0.545. The van der Waals surface area contributed by atoms with Crippen molar-refractivity contribution < 1.29 is 22.5 Å². The Hall–Kier alpha value is -2.39. The smallest absolute Gasteiger partial charge is 0.248 e. The summed E-state index contributed by atoms with van der Waals surface area (Å²) in [5.41, 5.74) is 1.44. The first-order chi connectivity index (χ1) is 14.8. The molecule has 168 valence electrons. The lowest BCUT2D eigenvalue weighted by molar-refractivity contribution is -0.138. The Morgan fingerprint density at radius 1 is 1.16 bits per heavy atom. The van der Waals surface area contributed by atoms with E-state index in [1.807, 2.05) is 29.2 Å². The number of carbonyl (C=O) groups excluding carboxylic acids is 1. The Morgan fingerprint density at radius 3 is 2.32 bits per heavy atom. The quantitative estimate of drug-likeness (QED) is 0.648. The lowest BCUT2D eigenvalue weighted by Crippen LogP contribution is -2.45. The number of methoxy groups -OCH3 is 1. The second kappa shape index (κ2) is 8.63. The van der Waals surface area contributed by atoms with Gasteiger partial charge >= 0.3 is 0 Å². The van der Waals surface area contributed by atoms with E-state index in [2.05, 4.69) is 5.16 Å². The Bertz CT molecular complexity index is 1020. The number of aromatic nitrogens is 1. The van der Waals surface area contributed by atoms with Crippen LogP contribution in [0.3, 0.4) is 0 Å². The van der Waals surface area contributed by atoms with Crippen LogP contribution in [0.2, 0.25) is 0 Å². The van der Waals surface area contributed by atoms with Gasteiger partial charge in [-0.2, -0.15) is 4.31 Å². The zero-order chi connectivity index (χ0) is 22.2. The van der Waals surface area contributed by atoms with Gasteiger partial charge in [-0.05, 0) is 57.2 Å². The second-order valence-corrected chi connectivity index (χ2v) is 10.3. The highest BCUT2D eigenvalue weighted by Gasteiger charge is 2.39. The van der Waals surface area contributed by atoms with E-state index in [0.29, 0.717) is 50.0 Å². The highest BCUT2D eigenvalue weighted by atomic mass is 32.2. The summed E-state index contributed by atoms with van der Waals surface area (Å²) in [7, 11) is -2.04. The molecule has 2 fully saturated rings. The number of hydrogen-bond acceptors (Lipinski definition) is 6. The van der Waals surface area contributed by atoms with Gasteiger partial charge in [-0.15, -0.1) is 0 Å². The van der Waals surface area contributed by atoms with Gasteiger partial charge in [-0.25, -0.2) is 8.42 Å². The van der Waals surface area contributed by atoms with Crippen molar-refractivity contribution in [2.45, 2.75) is 57.0 Å². The predicted octanol–water partition coefficient (Wildman–Crippen LogP) is 2.89. The maximum atomic E-state index is 13.3. The molecule has 2 heterocycles. The number of hydrogen-bond donors (Lipinski definition) is 0. The Labute approximate surface area is 183 Å². The lowest BCUT2D eigenvalue weighted by atomic mass is 9.96. The van der Waals surface area contributed by atoms with Crippen molar-refractivity contribution in [3.8, 4) is 5.75 Å². The number of nitrogens with zero attached hydrogens (tertiary/aromatic N) is 3. The minimum Gasteiger partial charge on any atom is -0.497 e. The Morgan fingerprint density at radius 2 is 1.81 bits per heavy atom. The number of carbonyl (C=O) groups is 1. The first-order valence-corrected chi connectivity index (χ1v) is 12.1. The average molecular weight is 448 g/mol. The average Bonchev–Trinajstić information content (AvgIpc) is 3.55. The molecule has 1 aliphatic carbocycles. The van der Waals surface area contributed by atoms with Crippen molar-refractivity contribution in [3.63, 3.8) is 0 Å². The van der Waals surface area contributed by atoms with E-state index in [1.165, 1.54) is 4.31 Å². The number of sulfonamides is 1. The molecule has 31 heavy (non-hydrogen) atoms. The van der Waals surface area contributed by atoms with Crippen LogP contribution in [-0.4, -0.2) is 54.9 Å². The molecule has 0 atom stereocenters. The highest BCUT2D eigenvalue weighted by molar-refractivity contribution is 7.89. The van der Waals surface area contributed by atoms with Gasteiger partial charge in [-0.3, -0.25) is 4.79 Å². The maximum absolute atomic E-state index is 13.3. The van der Waals surface area contributed by atoms with E-state index < -0.39 is 10.0 Å². The number of rotatable bonds is 7. The number of piperidine rings is 1. The number of ether oxygens (including phenoxy) is 1. The van der Waals surface area contributed by atoms with Crippen LogP contribution >= 0.6 is 0 Å². The van der Waals surface area contributed by atoms with E-state index in [4.69, 9.17) is 9.26 Å². The zero-order valence-electron chi connectivity index (χ0n) is 18.2. The van der Waals surface area contributed by atoms with Crippen LogP contribution in [0.1, 0.15) is 42.7 Å². The molecule has 2 aliphatic rings. The topological polar surface area (TPSA) is 93.0 Å². The van der Waals surface area contributed by atoms with Gasteiger partial charge in [0.2, 0.25) is 15.9 Å². The minimum atomic E-state index is -3.67. The van der Waals surface area contributed by atoms with Crippen LogP contribution in [0.15, 0.2) is 33.7 Å². The highest BCUT2D eigenvalue weighted by Crippen LogP contribution is 2.33. The molecule has 1 aromatic carbocycles. The summed E-state index contributed by atoms with van der Waals surface area (Å²) >= 11 is 0. The van der Waals surface area contributed by atoms with Crippen LogP contribution < -0.4 is 4.74 Å². The van der Waals surface area contributed by atoms with Crippen LogP contribution in [0.25, 0.3) is 0 Å². The molecular weight excluding hydrogens is 418 g/mol. The third-order valence-electron chi connectivity index (χ3n) is 6.15. The van der Waals surface area contributed by atoms with Gasteiger partial charge in [-0.1, -0.05) is 17.3 Å². The summed E-state index contributed by atoms with van der Waals surface area (Å²) in [4.78, 5) is 15.4. The van der Waals surface area contributed by atoms with Crippen molar-refractivity contribution in [1.29, 1.82) is 0 Å². The van der Waals surface area contributed by atoms with Crippen molar-refractivity contribution in [2.75, 3.05) is 20.2 Å². The van der Waals surface area contributed by atoms with Crippen molar-refractivity contribution in [2.24, 2.45) is 5.92 Å². The third kappa shape index (κ3) is 4.48. The molecule has 1 amide bonds. The predicted molar refractivity (Wildman–Crippen MR) is 114 cm³/mol. The molecule has 8 nitrogen and oxygen atoms in total. The van der Waals surface area contributed by atoms with Gasteiger partial charge in [0.1, 0.15) is 16.3 Å². The molecule has 9 heteroatoms. The Balaban J connectivity index is 1.41. The van der Waals surface area contributed by atoms with E-state index in [9.17, 15) is 13.2 Å². The van der Waals surface area contributed by atoms with Gasteiger partial charge in [0.05, 0.1) is 7.11 Å². The normalized spacial score (nSPS) is 18.2. The summed E-state index contributed by atoms with van der Waals surface area (Å²) in [5.74, 6) is 1.07. The summed E-state index contributed by atoms with van der Waals surface area (Å²) in [6.45, 7) is 4.46. The van der Waals surface area contributed by atoms with Crippen LogP contribution in [0.4, 0.5) is 0 Å². The molecule has 1 saturated carbocycles. The van der Waals surface area contributed by atoms with E-state index >= 15 is 0 Å². The van der Waals surface area contributed by atoms with Gasteiger partial charge < -0.3 is 14.2 Å². The number of benzene rings is 1. The van der Waals surface area contributed by atoms with E-state index in [0.717, 1.165) is 24.2 Å². The fourth-order valence-electron chi connectivity index (χ4n) is 4.25. The zero-order valence-corrected chi connectivity index (χ0v) is 19.0. The lowest BCUT2D eigenvalue weighted by Gasteiger charge is -2.34. The first kappa shape index (κ1) is 21.8. The van der Waals surface area contributed by atoms with Gasteiger partial charge in [0.25, 0.3) is 0 Å². The van der Waals surface area contributed by atoms with E-state index in [1.54, 1.807) is 21.0 Å².